The van der Waals surface area contributed by atoms with Crippen LogP contribution in [0.4, 0.5) is 0 Å². The van der Waals surface area contributed by atoms with Gasteiger partial charge in [0, 0.05) is 29.7 Å². The van der Waals surface area contributed by atoms with E-state index in [-0.39, 0.29) is 30.1 Å². The first-order chi connectivity index (χ1) is 14.0. The molecule has 2 N–H and O–H groups in total. The Morgan fingerprint density at radius 2 is 1.76 bits per heavy atom. The number of benzene rings is 2. The zero-order valence-electron chi connectivity index (χ0n) is 15.7. The number of likely N-dealkylation sites (tertiary alicyclic amines) is 1. The molecule has 1 saturated heterocycles. The van der Waals surface area contributed by atoms with Gasteiger partial charge in [-0.1, -0.05) is 23.7 Å². The molecule has 7 nitrogen and oxygen atoms in total. The van der Waals surface area contributed by atoms with Crippen LogP contribution in [-0.2, 0) is 4.79 Å². The summed E-state index contributed by atoms with van der Waals surface area (Å²) in [6.07, 6.45) is 1.39. The molecule has 0 bridgehead atoms. The number of carbonyl (C=O) groups excluding carboxylic acids is 2. The molecule has 1 fully saturated rings. The second kappa shape index (κ2) is 8.13. The van der Waals surface area contributed by atoms with E-state index >= 15 is 0 Å². The quantitative estimate of drug-likeness (QED) is 0.690. The maximum Gasteiger partial charge on any atom is 0.326 e. The van der Waals surface area contributed by atoms with E-state index in [1.807, 2.05) is 24.3 Å². The molecule has 4 rings (SSSR count). The number of carbonyl (C=O) groups is 2. The molecule has 0 saturated carbocycles. The Morgan fingerprint density at radius 3 is 2.48 bits per heavy atom. The number of hydrogen-bond donors (Lipinski definition) is 2. The van der Waals surface area contributed by atoms with Gasteiger partial charge in [0.25, 0.3) is 5.91 Å². The number of fused-ring (bicyclic) bond motifs is 1. The minimum Gasteiger partial charge on any atom is -0.343 e. The first kappa shape index (κ1) is 19.3. The van der Waals surface area contributed by atoms with Crippen LogP contribution in [0.1, 0.15) is 29.2 Å². The molecule has 0 unspecified atom stereocenters. The number of piperidine rings is 1. The average molecular weight is 413 g/mol. The number of nitrogens with one attached hydrogen (secondary N) is 2. The van der Waals surface area contributed by atoms with Crippen molar-refractivity contribution >= 4 is 34.4 Å². The zero-order valence-corrected chi connectivity index (χ0v) is 16.5. The number of nitrogens with zero attached hydrogens (tertiary/aromatic N) is 2. The lowest BCUT2D eigenvalue weighted by Crippen LogP contribution is -2.45. The van der Waals surface area contributed by atoms with Crippen molar-refractivity contribution in [2.75, 3.05) is 19.6 Å². The molecule has 0 radical (unpaired) electrons. The minimum atomic E-state index is -0.310. The van der Waals surface area contributed by atoms with E-state index in [0.29, 0.717) is 36.5 Å². The lowest BCUT2D eigenvalue weighted by Gasteiger charge is -2.32. The lowest BCUT2D eigenvalue weighted by molar-refractivity contribution is -0.131. The third-order valence-electron chi connectivity index (χ3n) is 5.31. The zero-order chi connectivity index (χ0) is 20.4. The van der Waals surface area contributed by atoms with Gasteiger partial charge in [0.2, 0.25) is 5.91 Å². The Morgan fingerprint density at radius 1 is 1.07 bits per heavy atom. The van der Waals surface area contributed by atoms with Crippen LogP contribution in [-0.4, -0.2) is 45.9 Å². The molecule has 8 heteroatoms. The highest BCUT2D eigenvalue weighted by Crippen LogP contribution is 2.24. The van der Waals surface area contributed by atoms with E-state index in [9.17, 15) is 14.4 Å². The van der Waals surface area contributed by atoms with Crippen LogP contribution in [0.25, 0.3) is 11.0 Å². The fourth-order valence-corrected chi connectivity index (χ4v) is 3.91. The third kappa shape index (κ3) is 4.05. The number of hydrogen-bond acceptors (Lipinski definition) is 3. The Labute approximate surface area is 172 Å². The molecule has 0 atom stereocenters. The number of para-hydroxylation sites is 2. The molecule has 2 aromatic carbocycles. The monoisotopic (exact) mass is 412 g/mol. The van der Waals surface area contributed by atoms with Crippen molar-refractivity contribution in [2.45, 2.75) is 18.9 Å². The number of imidazole rings is 1. The normalized spacial score (nSPS) is 14.9. The van der Waals surface area contributed by atoms with Crippen molar-refractivity contribution in [3.8, 4) is 0 Å². The summed E-state index contributed by atoms with van der Waals surface area (Å²) in [6.45, 7) is 1.04. The van der Waals surface area contributed by atoms with Crippen molar-refractivity contribution in [2.24, 2.45) is 0 Å². The Hall–Kier alpha value is -3.06. The second-order valence-corrected chi connectivity index (χ2v) is 7.56. The molecule has 1 aliphatic rings. The summed E-state index contributed by atoms with van der Waals surface area (Å²) < 4.78 is 1.79. The van der Waals surface area contributed by atoms with Crippen molar-refractivity contribution in [3.63, 3.8) is 0 Å². The van der Waals surface area contributed by atoms with Crippen LogP contribution in [0.5, 0.6) is 0 Å². The van der Waals surface area contributed by atoms with Gasteiger partial charge < -0.3 is 15.2 Å². The highest BCUT2D eigenvalue weighted by atomic mass is 35.5. The first-order valence-electron chi connectivity index (χ1n) is 9.54. The SMILES string of the molecule is O=C(NCC(=O)N1CCC(n2c(=O)[nH]c3ccccc32)CC1)c1ccc(Cl)cc1. The maximum atomic E-state index is 12.5. The van der Waals surface area contributed by atoms with Gasteiger partial charge in [-0.3, -0.25) is 14.2 Å². The summed E-state index contributed by atoms with van der Waals surface area (Å²) in [7, 11) is 0. The van der Waals surface area contributed by atoms with Crippen LogP contribution >= 0.6 is 11.6 Å². The number of amides is 2. The predicted octanol–water partition coefficient (Wildman–Crippen LogP) is 2.58. The summed E-state index contributed by atoms with van der Waals surface area (Å²) in [5.41, 5.74) is 2.05. The van der Waals surface area contributed by atoms with E-state index in [2.05, 4.69) is 10.3 Å². The molecule has 3 aromatic rings. The summed E-state index contributed by atoms with van der Waals surface area (Å²) in [5, 5.41) is 3.20. The highest BCUT2D eigenvalue weighted by molar-refractivity contribution is 6.30. The maximum absolute atomic E-state index is 12.5. The number of aromatic amines is 1. The molecule has 1 aliphatic heterocycles. The number of halogens is 1. The fraction of sp³-hybridized carbons (Fsp3) is 0.286. The lowest BCUT2D eigenvalue weighted by atomic mass is 10.0. The standard InChI is InChI=1S/C21H21ClN4O3/c22-15-7-5-14(6-8-15)20(28)23-13-19(27)25-11-9-16(10-12-25)26-18-4-2-1-3-17(18)24-21(26)29/h1-8,16H,9-13H2,(H,23,28)(H,24,29). The van der Waals surface area contributed by atoms with Gasteiger partial charge in [-0.25, -0.2) is 4.79 Å². The van der Waals surface area contributed by atoms with Crippen LogP contribution in [0.15, 0.2) is 53.3 Å². The van der Waals surface area contributed by atoms with E-state index in [0.717, 1.165) is 11.0 Å². The van der Waals surface area contributed by atoms with Gasteiger partial charge in [0.15, 0.2) is 0 Å². The topological polar surface area (TPSA) is 87.2 Å². The predicted molar refractivity (Wildman–Crippen MR) is 111 cm³/mol. The Bertz CT molecular complexity index is 1100. The van der Waals surface area contributed by atoms with E-state index in [4.69, 9.17) is 11.6 Å². The molecule has 0 aliphatic carbocycles. The Balaban J connectivity index is 1.34. The van der Waals surface area contributed by atoms with Crippen LogP contribution in [0, 0.1) is 0 Å². The largest absolute Gasteiger partial charge is 0.343 e. The van der Waals surface area contributed by atoms with Crippen molar-refractivity contribution < 1.29 is 9.59 Å². The molecule has 2 amide bonds. The Kier molecular flexibility index (Phi) is 5.40. The second-order valence-electron chi connectivity index (χ2n) is 7.12. The van der Waals surface area contributed by atoms with Gasteiger partial charge in [-0.15, -0.1) is 0 Å². The molecule has 29 heavy (non-hydrogen) atoms. The third-order valence-corrected chi connectivity index (χ3v) is 5.56. The van der Waals surface area contributed by atoms with Crippen LogP contribution in [0.3, 0.4) is 0 Å². The molecular weight excluding hydrogens is 392 g/mol. The molecule has 2 heterocycles. The first-order valence-corrected chi connectivity index (χ1v) is 9.91. The van der Waals surface area contributed by atoms with Crippen LogP contribution < -0.4 is 11.0 Å². The van der Waals surface area contributed by atoms with E-state index in [1.165, 1.54) is 0 Å². The van der Waals surface area contributed by atoms with Crippen molar-refractivity contribution in [3.05, 3.63) is 69.6 Å². The van der Waals surface area contributed by atoms with E-state index < -0.39 is 0 Å². The van der Waals surface area contributed by atoms with Gasteiger partial charge in [-0.2, -0.15) is 0 Å². The fourth-order valence-electron chi connectivity index (χ4n) is 3.78. The summed E-state index contributed by atoms with van der Waals surface area (Å²) >= 11 is 5.82. The average Bonchev–Trinajstić information content (AvgIpc) is 3.08. The smallest absolute Gasteiger partial charge is 0.326 e. The number of H-pyrrole nitrogens is 1. The minimum absolute atomic E-state index is 0.0476. The van der Waals surface area contributed by atoms with Gasteiger partial charge in [-0.05, 0) is 49.2 Å². The molecule has 150 valence electrons. The van der Waals surface area contributed by atoms with Gasteiger partial charge in [0.1, 0.15) is 0 Å². The molecular formula is C21H21ClN4O3. The highest BCUT2D eigenvalue weighted by Gasteiger charge is 2.26. The van der Waals surface area contributed by atoms with E-state index in [1.54, 1.807) is 33.7 Å². The van der Waals surface area contributed by atoms with Gasteiger partial charge >= 0.3 is 5.69 Å². The summed E-state index contributed by atoms with van der Waals surface area (Å²) in [5.74, 6) is -0.438. The van der Waals surface area contributed by atoms with Crippen molar-refractivity contribution in [1.29, 1.82) is 0 Å². The molecule has 1 aromatic heterocycles. The van der Waals surface area contributed by atoms with Crippen LogP contribution in [0.2, 0.25) is 5.02 Å². The van der Waals surface area contributed by atoms with Gasteiger partial charge in [0.05, 0.1) is 17.6 Å². The number of rotatable bonds is 4. The summed E-state index contributed by atoms with van der Waals surface area (Å²) in [6, 6.07) is 14.2. The molecule has 0 spiro atoms. The van der Waals surface area contributed by atoms with Crippen molar-refractivity contribution in [1.82, 2.24) is 19.8 Å². The summed E-state index contributed by atoms with van der Waals surface area (Å²) in [4.78, 5) is 41.6. The number of aromatic nitrogens is 2.